The van der Waals surface area contributed by atoms with Crippen molar-refractivity contribution in [2.45, 2.75) is 45.6 Å². The molecule has 126 valence electrons. The number of aryl methyl sites for hydroxylation is 1. The van der Waals surface area contributed by atoms with Gasteiger partial charge in [-0.2, -0.15) is 0 Å². The van der Waals surface area contributed by atoms with Crippen molar-refractivity contribution < 1.29 is 4.79 Å². The zero-order valence-electron chi connectivity index (χ0n) is 14.0. The Bertz CT molecular complexity index is 640. The van der Waals surface area contributed by atoms with Gasteiger partial charge in [0, 0.05) is 25.7 Å². The molecule has 2 atom stereocenters. The SMILES string of the molecule is CC1CCCCC1CNC(=O)N1CCc2c(ncn(C)c2=O)C1. The van der Waals surface area contributed by atoms with Crippen LogP contribution in [-0.4, -0.2) is 33.6 Å². The number of amides is 2. The molecule has 0 aromatic carbocycles. The number of fused-ring (bicyclic) bond motifs is 1. The van der Waals surface area contributed by atoms with Gasteiger partial charge in [-0.15, -0.1) is 0 Å². The molecule has 2 amide bonds. The number of carbonyl (C=O) groups is 1. The third-order valence-corrected chi connectivity index (χ3v) is 5.38. The van der Waals surface area contributed by atoms with E-state index in [0.717, 1.165) is 17.8 Å². The molecule has 2 unspecified atom stereocenters. The van der Waals surface area contributed by atoms with Crippen LogP contribution >= 0.6 is 0 Å². The third-order valence-electron chi connectivity index (χ3n) is 5.38. The van der Waals surface area contributed by atoms with Crippen molar-refractivity contribution in [3.8, 4) is 0 Å². The molecule has 0 radical (unpaired) electrons. The van der Waals surface area contributed by atoms with Crippen molar-refractivity contribution in [2.24, 2.45) is 18.9 Å². The highest BCUT2D eigenvalue weighted by Crippen LogP contribution is 2.28. The number of carbonyl (C=O) groups excluding carboxylic acids is 1. The van der Waals surface area contributed by atoms with Gasteiger partial charge in [-0.3, -0.25) is 4.79 Å². The first-order chi connectivity index (χ1) is 11.1. The fraction of sp³-hybridized carbons (Fsp3) is 0.706. The zero-order valence-corrected chi connectivity index (χ0v) is 14.0. The van der Waals surface area contributed by atoms with Crippen LogP contribution in [0, 0.1) is 11.8 Å². The molecule has 0 spiro atoms. The molecule has 2 aliphatic rings. The molecule has 1 aromatic rings. The Balaban J connectivity index is 1.59. The van der Waals surface area contributed by atoms with Crippen LogP contribution in [0.5, 0.6) is 0 Å². The Kier molecular flexibility index (Phi) is 4.68. The van der Waals surface area contributed by atoms with Crippen LogP contribution in [0.2, 0.25) is 0 Å². The van der Waals surface area contributed by atoms with Gasteiger partial charge in [0.1, 0.15) is 0 Å². The van der Waals surface area contributed by atoms with Crippen LogP contribution in [0.25, 0.3) is 0 Å². The molecule has 0 bridgehead atoms. The van der Waals surface area contributed by atoms with Crippen LogP contribution in [0.4, 0.5) is 4.79 Å². The summed E-state index contributed by atoms with van der Waals surface area (Å²) in [5.74, 6) is 1.28. The quantitative estimate of drug-likeness (QED) is 0.902. The van der Waals surface area contributed by atoms with Crippen molar-refractivity contribution in [2.75, 3.05) is 13.1 Å². The van der Waals surface area contributed by atoms with Crippen LogP contribution < -0.4 is 10.9 Å². The predicted octanol–water partition coefficient (Wildman–Crippen LogP) is 1.67. The number of hydrogen-bond acceptors (Lipinski definition) is 3. The zero-order chi connectivity index (χ0) is 16.4. The van der Waals surface area contributed by atoms with Gasteiger partial charge in [-0.25, -0.2) is 9.78 Å². The third kappa shape index (κ3) is 3.41. The monoisotopic (exact) mass is 318 g/mol. The summed E-state index contributed by atoms with van der Waals surface area (Å²) in [6.07, 6.45) is 7.19. The summed E-state index contributed by atoms with van der Waals surface area (Å²) in [5.41, 5.74) is 1.49. The average molecular weight is 318 g/mol. The topological polar surface area (TPSA) is 67.2 Å². The van der Waals surface area contributed by atoms with E-state index >= 15 is 0 Å². The standard InChI is InChI=1S/C17H26N4O2/c1-12-5-3-4-6-13(12)9-18-17(23)21-8-7-14-15(10-21)19-11-20(2)16(14)22/h11-13H,3-10H2,1-2H3,(H,18,23). The Morgan fingerprint density at radius 1 is 1.39 bits per heavy atom. The first kappa shape index (κ1) is 16.0. The Morgan fingerprint density at radius 2 is 2.17 bits per heavy atom. The largest absolute Gasteiger partial charge is 0.338 e. The lowest BCUT2D eigenvalue weighted by atomic mass is 9.80. The normalized spacial score (nSPS) is 24.2. The Hall–Kier alpha value is -1.85. The molecule has 2 heterocycles. The van der Waals surface area contributed by atoms with E-state index in [1.807, 2.05) is 0 Å². The van der Waals surface area contributed by atoms with Gasteiger partial charge >= 0.3 is 6.03 Å². The summed E-state index contributed by atoms with van der Waals surface area (Å²) in [4.78, 5) is 30.6. The van der Waals surface area contributed by atoms with Crippen molar-refractivity contribution in [3.63, 3.8) is 0 Å². The minimum atomic E-state index is -0.0316. The molecular formula is C17H26N4O2. The van der Waals surface area contributed by atoms with E-state index in [-0.39, 0.29) is 11.6 Å². The number of aromatic nitrogens is 2. The smallest absolute Gasteiger partial charge is 0.317 e. The van der Waals surface area contributed by atoms with E-state index in [2.05, 4.69) is 17.2 Å². The van der Waals surface area contributed by atoms with Crippen LogP contribution in [0.15, 0.2) is 11.1 Å². The summed E-state index contributed by atoms with van der Waals surface area (Å²) in [6.45, 7) is 4.05. The lowest BCUT2D eigenvalue weighted by Crippen LogP contribution is -2.46. The van der Waals surface area contributed by atoms with E-state index in [4.69, 9.17) is 0 Å². The maximum absolute atomic E-state index is 12.4. The summed E-state index contributed by atoms with van der Waals surface area (Å²) in [5, 5.41) is 3.09. The van der Waals surface area contributed by atoms with Crippen LogP contribution in [0.1, 0.15) is 43.9 Å². The van der Waals surface area contributed by atoms with Gasteiger partial charge < -0.3 is 14.8 Å². The molecule has 1 aliphatic heterocycles. The van der Waals surface area contributed by atoms with E-state index in [9.17, 15) is 9.59 Å². The highest BCUT2D eigenvalue weighted by atomic mass is 16.2. The van der Waals surface area contributed by atoms with Gasteiger partial charge in [0.25, 0.3) is 5.56 Å². The van der Waals surface area contributed by atoms with Crippen LogP contribution in [0.3, 0.4) is 0 Å². The average Bonchev–Trinajstić information content (AvgIpc) is 2.57. The van der Waals surface area contributed by atoms with Gasteiger partial charge in [0.2, 0.25) is 0 Å². The van der Waals surface area contributed by atoms with E-state index < -0.39 is 0 Å². The maximum atomic E-state index is 12.4. The van der Waals surface area contributed by atoms with Crippen LogP contribution in [-0.2, 0) is 20.0 Å². The number of nitrogens with zero attached hydrogens (tertiary/aromatic N) is 3. The second kappa shape index (κ2) is 6.72. The summed E-state index contributed by atoms with van der Waals surface area (Å²) >= 11 is 0. The van der Waals surface area contributed by atoms with Crippen molar-refractivity contribution in [3.05, 3.63) is 27.9 Å². The van der Waals surface area contributed by atoms with Gasteiger partial charge in [-0.05, 0) is 24.7 Å². The molecule has 1 aromatic heterocycles. The van der Waals surface area contributed by atoms with Crippen molar-refractivity contribution in [1.29, 1.82) is 0 Å². The van der Waals surface area contributed by atoms with Gasteiger partial charge in [0.15, 0.2) is 0 Å². The molecule has 0 saturated heterocycles. The minimum Gasteiger partial charge on any atom is -0.338 e. The molecule has 1 saturated carbocycles. The lowest BCUT2D eigenvalue weighted by molar-refractivity contribution is 0.182. The highest BCUT2D eigenvalue weighted by molar-refractivity contribution is 5.74. The summed E-state index contributed by atoms with van der Waals surface area (Å²) in [7, 11) is 1.71. The van der Waals surface area contributed by atoms with E-state index in [1.165, 1.54) is 36.6 Å². The molecule has 1 N–H and O–H groups in total. The number of rotatable bonds is 2. The molecule has 23 heavy (non-hydrogen) atoms. The van der Waals surface area contributed by atoms with Crippen molar-refractivity contribution >= 4 is 6.03 Å². The fourth-order valence-corrected chi connectivity index (χ4v) is 3.72. The molecule has 6 nitrogen and oxygen atoms in total. The predicted molar refractivity (Wildman–Crippen MR) is 88.1 cm³/mol. The number of nitrogens with one attached hydrogen (secondary N) is 1. The molecule has 6 heteroatoms. The van der Waals surface area contributed by atoms with Crippen molar-refractivity contribution in [1.82, 2.24) is 19.8 Å². The van der Waals surface area contributed by atoms with E-state index in [1.54, 1.807) is 11.9 Å². The number of hydrogen-bond donors (Lipinski definition) is 1. The Morgan fingerprint density at radius 3 is 2.96 bits per heavy atom. The molecule has 1 fully saturated rings. The lowest BCUT2D eigenvalue weighted by Gasteiger charge is -2.31. The molecule has 1 aliphatic carbocycles. The maximum Gasteiger partial charge on any atom is 0.317 e. The summed E-state index contributed by atoms with van der Waals surface area (Å²) < 4.78 is 1.50. The Labute approximate surface area is 136 Å². The first-order valence-electron chi connectivity index (χ1n) is 8.62. The fourth-order valence-electron chi connectivity index (χ4n) is 3.72. The summed E-state index contributed by atoms with van der Waals surface area (Å²) in [6, 6.07) is -0.0316. The molecule has 3 rings (SSSR count). The van der Waals surface area contributed by atoms with Gasteiger partial charge in [0.05, 0.1) is 18.6 Å². The highest BCUT2D eigenvalue weighted by Gasteiger charge is 2.26. The second-order valence-electron chi connectivity index (χ2n) is 6.97. The minimum absolute atomic E-state index is 0.00564. The molecular weight excluding hydrogens is 292 g/mol. The van der Waals surface area contributed by atoms with Gasteiger partial charge in [-0.1, -0.05) is 26.2 Å². The number of urea groups is 1. The first-order valence-corrected chi connectivity index (χ1v) is 8.62. The van der Waals surface area contributed by atoms with E-state index in [0.29, 0.717) is 31.3 Å². The second-order valence-corrected chi connectivity index (χ2v) is 6.97.